The van der Waals surface area contributed by atoms with Crippen molar-refractivity contribution in [1.82, 2.24) is 14.4 Å². The Bertz CT molecular complexity index is 790. The Morgan fingerprint density at radius 2 is 1.85 bits per heavy atom. The number of thioether (sulfide) groups is 1. The molecule has 0 atom stereocenters. The zero-order valence-corrected chi connectivity index (χ0v) is 16.4. The zero-order valence-electron chi connectivity index (χ0n) is 15.6. The molecule has 0 saturated carbocycles. The number of benzene rings is 1. The fourth-order valence-electron chi connectivity index (χ4n) is 4.14. The lowest BCUT2D eigenvalue weighted by molar-refractivity contribution is 0.0551. The van der Waals surface area contributed by atoms with E-state index in [9.17, 15) is 4.79 Å². The van der Waals surface area contributed by atoms with Gasteiger partial charge in [0, 0.05) is 50.7 Å². The van der Waals surface area contributed by atoms with E-state index in [0.29, 0.717) is 0 Å². The molecule has 2 aliphatic rings. The Hall–Kier alpha value is -1.66. The molecule has 2 saturated heterocycles. The summed E-state index contributed by atoms with van der Waals surface area (Å²) >= 11 is 2.07. The predicted molar refractivity (Wildman–Crippen MR) is 107 cm³/mol. The van der Waals surface area contributed by atoms with Crippen LogP contribution in [0.15, 0.2) is 24.3 Å². The number of methoxy groups -OCH3 is 1. The van der Waals surface area contributed by atoms with Gasteiger partial charge in [0.1, 0.15) is 11.4 Å². The summed E-state index contributed by atoms with van der Waals surface area (Å²) in [5, 5.41) is 1.08. The molecule has 0 bridgehead atoms. The number of amides is 1. The van der Waals surface area contributed by atoms with Crippen molar-refractivity contribution in [2.75, 3.05) is 44.8 Å². The van der Waals surface area contributed by atoms with Crippen LogP contribution >= 0.6 is 11.8 Å². The van der Waals surface area contributed by atoms with Gasteiger partial charge in [-0.2, -0.15) is 11.8 Å². The average Bonchev–Trinajstić information content (AvgIpc) is 3.04. The predicted octanol–water partition coefficient (Wildman–Crippen LogP) is 2.84. The fraction of sp³-hybridized carbons (Fsp3) is 0.550. The van der Waals surface area contributed by atoms with Gasteiger partial charge < -0.3 is 14.2 Å². The SMILES string of the molecule is COc1ccc2cc(C(=O)N3CCN(C4CCSCC4)CC3)n(C)c2c1. The molecular formula is C20H27N3O2S. The van der Waals surface area contributed by atoms with Gasteiger partial charge in [-0.3, -0.25) is 9.69 Å². The second-order valence-corrected chi connectivity index (χ2v) is 8.41. The summed E-state index contributed by atoms with van der Waals surface area (Å²) < 4.78 is 7.31. The standard InChI is InChI=1S/C20H27N3O2S/c1-21-18-14-17(25-2)4-3-15(18)13-19(21)20(24)23-9-7-22(8-10-23)16-5-11-26-12-6-16/h3-4,13-14,16H,5-12H2,1-2H3. The number of ether oxygens (including phenoxy) is 1. The van der Waals surface area contributed by atoms with Crippen molar-refractivity contribution in [2.24, 2.45) is 7.05 Å². The van der Waals surface area contributed by atoms with Gasteiger partial charge in [0.15, 0.2) is 0 Å². The molecular weight excluding hydrogens is 346 g/mol. The molecule has 0 aliphatic carbocycles. The van der Waals surface area contributed by atoms with Crippen molar-refractivity contribution in [1.29, 1.82) is 0 Å². The number of fused-ring (bicyclic) bond motifs is 1. The Balaban J connectivity index is 1.46. The van der Waals surface area contributed by atoms with E-state index in [1.54, 1.807) is 7.11 Å². The van der Waals surface area contributed by atoms with Crippen LogP contribution in [0.5, 0.6) is 5.75 Å². The first-order valence-corrected chi connectivity index (χ1v) is 10.6. The van der Waals surface area contributed by atoms with Crippen LogP contribution in [0.1, 0.15) is 23.3 Å². The highest BCUT2D eigenvalue weighted by molar-refractivity contribution is 7.99. The summed E-state index contributed by atoms with van der Waals surface area (Å²) in [6.45, 7) is 3.65. The number of carbonyl (C=O) groups excluding carboxylic acids is 1. The van der Waals surface area contributed by atoms with Gasteiger partial charge in [0.05, 0.1) is 12.6 Å². The third-order valence-corrected chi connectivity index (χ3v) is 6.83. The lowest BCUT2D eigenvalue weighted by atomic mass is 10.1. The normalized spacial score (nSPS) is 19.8. The van der Waals surface area contributed by atoms with Gasteiger partial charge in [0.25, 0.3) is 5.91 Å². The quantitative estimate of drug-likeness (QED) is 0.829. The minimum absolute atomic E-state index is 0.140. The second-order valence-electron chi connectivity index (χ2n) is 7.19. The topological polar surface area (TPSA) is 37.7 Å². The van der Waals surface area contributed by atoms with Crippen LogP contribution in [0.2, 0.25) is 0 Å². The number of piperazine rings is 1. The van der Waals surface area contributed by atoms with E-state index in [4.69, 9.17) is 4.74 Å². The fourth-order valence-corrected chi connectivity index (χ4v) is 5.23. The first kappa shape index (κ1) is 17.7. The summed E-state index contributed by atoms with van der Waals surface area (Å²) in [5.41, 5.74) is 1.79. The number of hydrogen-bond donors (Lipinski definition) is 0. The van der Waals surface area contributed by atoms with Crippen LogP contribution in [-0.2, 0) is 7.05 Å². The molecule has 1 amide bonds. The van der Waals surface area contributed by atoms with Crippen LogP contribution in [0, 0.1) is 0 Å². The van der Waals surface area contributed by atoms with E-state index < -0.39 is 0 Å². The molecule has 0 N–H and O–H groups in total. The van der Waals surface area contributed by atoms with Crippen molar-refractivity contribution < 1.29 is 9.53 Å². The highest BCUT2D eigenvalue weighted by Crippen LogP contribution is 2.26. The monoisotopic (exact) mass is 373 g/mol. The molecule has 26 heavy (non-hydrogen) atoms. The number of aryl methyl sites for hydroxylation is 1. The van der Waals surface area contributed by atoms with Gasteiger partial charge in [-0.15, -0.1) is 0 Å². The van der Waals surface area contributed by atoms with E-state index in [0.717, 1.165) is 54.6 Å². The van der Waals surface area contributed by atoms with Crippen LogP contribution in [-0.4, -0.2) is 71.1 Å². The molecule has 0 unspecified atom stereocenters. The minimum Gasteiger partial charge on any atom is -0.497 e. The molecule has 2 aliphatic heterocycles. The third-order valence-electron chi connectivity index (χ3n) is 5.78. The van der Waals surface area contributed by atoms with Gasteiger partial charge in [-0.1, -0.05) is 0 Å². The lowest BCUT2D eigenvalue weighted by Crippen LogP contribution is -2.52. The molecule has 1 aromatic heterocycles. The van der Waals surface area contributed by atoms with E-state index in [-0.39, 0.29) is 5.91 Å². The van der Waals surface area contributed by atoms with E-state index in [2.05, 4.69) is 16.7 Å². The van der Waals surface area contributed by atoms with Gasteiger partial charge in [0.2, 0.25) is 0 Å². The van der Waals surface area contributed by atoms with E-state index >= 15 is 0 Å². The molecule has 4 rings (SSSR count). The summed E-state index contributed by atoms with van der Waals surface area (Å²) in [6, 6.07) is 8.67. The number of nitrogens with zero attached hydrogens (tertiary/aromatic N) is 3. The highest BCUT2D eigenvalue weighted by Gasteiger charge is 2.28. The Morgan fingerprint density at radius 1 is 1.12 bits per heavy atom. The lowest BCUT2D eigenvalue weighted by Gasteiger charge is -2.40. The summed E-state index contributed by atoms with van der Waals surface area (Å²) in [4.78, 5) is 17.7. The molecule has 2 aromatic rings. The van der Waals surface area contributed by atoms with Gasteiger partial charge >= 0.3 is 0 Å². The van der Waals surface area contributed by atoms with Gasteiger partial charge in [-0.05, 0) is 42.5 Å². The molecule has 1 aromatic carbocycles. The van der Waals surface area contributed by atoms with Crippen LogP contribution in [0.4, 0.5) is 0 Å². The van der Waals surface area contributed by atoms with Crippen molar-refractivity contribution in [2.45, 2.75) is 18.9 Å². The van der Waals surface area contributed by atoms with Crippen LogP contribution < -0.4 is 4.74 Å². The maximum Gasteiger partial charge on any atom is 0.270 e. The van der Waals surface area contributed by atoms with Crippen LogP contribution in [0.25, 0.3) is 10.9 Å². The Labute approximate surface area is 159 Å². The minimum atomic E-state index is 0.140. The highest BCUT2D eigenvalue weighted by atomic mass is 32.2. The first-order valence-electron chi connectivity index (χ1n) is 9.42. The molecule has 5 nitrogen and oxygen atoms in total. The molecule has 0 radical (unpaired) electrons. The van der Waals surface area contributed by atoms with Crippen molar-refractivity contribution in [3.63, 3.8) is 0 Å². The molecule has 0 spiro atoms. The maximum atomic E-state index is 13.1. The molecule has 2 fully saturated rings. The number of carbonyl (C=O) groups is 1. The average molecular weight is 374 g/mol. The Morgan fingerprint density at radius 3 is 2.54 bits per heavy atom. The summed E-state index contributed by atoms with van der Waals surface area (Å²) in [5.74, 6) is 3.52. The molecule has 3 heterocycles. The number of rotatable bonds is 3. The van der Waals surface area contributed by atoms with Crippen molar-refractivity contribution >= 4 is 28.6 Å². The van der Waals surface area contributed by atoms with E-state index in [1.807, 2.05) is 40.8 Å². The van der Waals surface area contributed by atoms with Gasteiger partial charge in [-0.25, -0.2) is 0 Å². The molecule has 140 valence electrons. The maximum absolute atomic E-state index is 13.1. The van der Waals surface area contributed by atoms with Crippen LogP contribution in [0.3, 0.4) is 0 Å². The van der Waals surface area contributed by atoms with Crippen molar-refractivity contribution in [3.05, 3.63) is 30.0 Å². The number of aromatic nitrogens is 1. The van der Waals surface area contributed by atoms with Crippen molar-refractivity contribution in [3.8, 4) is 5.75 Å². The first-order chi connectivity index (χ1) is 12.7. The third kappa shape index (κ3) is 3.32. The zero-order chi connectivity index (χ0) is 18.1. The summed E-state index contributed by atoms with van der Waals surface area (Å²) in [7, 11) is 3.63. The molecule has 6 heteroatoms. The largest absolute Gasteiger partial charge is 0.497 e. The smallest absolute Gasteiger partial charge is 0.270 e. The Kier molecular flexibility index (Phi) is 5.14. The number of hydrogen-bond acceptors (Lipinski definition) is 4. The summed E-state index contributed by atoms with van der Waals surface area (Å²) in [6.07, 6.45) is 2.59. The van der Waals surface area contributed by atoms with E-state index in [1.165, 1.54) is 24.3 Å². The second kappa shape index (κ2) is 7.53.